The van der Waals surface area contributed by atoms with Crippen LogP contribution in [0.3, 0.4) is 0 Å². The first-order valence-electron chi connectivity index (χ1n) is 11.0. The van der Waals surface area contributed by atoms with Crippen LogP contribution in [0.4, 0.5) is 24.5 Å². The zero-order valence-electron chi connectivity index (χ0n) is 17.9. The second-order valence-electron chi connectivity index (χ2n) is 8.38. The van der Waals surface area contributed by atoms with Crippen molar-refractivity contribution in [2.45, 2.75) is 25.6 Å². The van der Waals surface area contributed by atoms with E-state index in [9.17, 15) is 18.0 Å². The van der Waals surface area contributed by atoms with Crippen LogP contribution in [-0.4, -0.2) is 50.2 Å². The van der Waals surface area contributed by atoms with E-state index in [0.717, 1.165) is 38.1 Å². The van der Waals surface area contributed by atoms with Crippen molar-refractivity contribution in [2.75, 3.05) is 49.6 Å². The first-order valence-corrected chi connectivity index (χ1v) is 11.0. The first kappa shape index (κ1) is 22.6. The number of carbonyl (C=O) groups is 1. The number of benzene rings is 2. The smallest absolute Gasteiger partial charge is 0.378 e. The van der Waals surface area contributed by atoms with E-state index in [-0.39, 0.29) is 17.5 Å². The van der Waals surface area contributed by atoms with Crippen molar-refractivity contribution in [1.82, 2.24) is 4.90 Å². The fourth-order valence-corrected chi connectivity index (χ4v) is 4.38. The molecule has 1 N–H and O–H groups in total. The van der Waals surface area contributed by atoms with Gasteiger partial charge < -0.3 is 15.0 Å². The van der Waals surface area contributed by atoms with Crippen LogP contribution in [0, 0.1) is 5.92 Å². The number of halogens is 3. The highest BCUT2D eigenvalue weighted by Crippen LogP contribution is 2.36. The van der Waals surface area contributed by atoms with Crippen molar-refractivity contribution in [3.63, 3.8) is 0 Å². The van der Waals surface area contributed by atoms with Crippen molar-refractivity contribution in [1.29, 1.82) is 0 Å². The minimum atomic E-state index is -4.47. The van der Waals surface area contributed by atoms with Crippen molar-refractivity contribution in [2.24, 2.45) is 5.92 Å². The van der Waals surface area contributed by atoms with Gasteiger partial charge in [-0.3, -0.25) is 9.69 Å². The van der Waals surface area contributed by atoms with Gasteiger partial charge in [-0.25, -0.2) is 0 Å². The highest BCUT2D eigenvalue weighted by molar-refractivity contribution is 5.96. The highest BCUT2D eigenvalue weighted by atomic mass is 19.4. The zero-order chi connectivity index (χ0) is 22.6. The predicted molar refractivity (Wildman–Crippen MR) is 118 cm³/mol. The van der Waals surface area contributed by atoms with E-state index in [2.05, 4.69) is 22.3 Å². The molecule has 0 spiro atoms. The molecule has 2 aliphatic rings. The summed E-state index contributed by atoms with van der Waals surface area (Å²) in [6, 6.07) is 13.6. The van der Waals surface area contributed by atoms with Gasteiger partial charge >= 0.3 is 6.18 Å². The number of amides is 1. The maximum absolute atomic E-state index is 13.3. The summed E-state index contributed by atoms with van der Waals surface area (Å²) in [6.45, 7) is 4.41. The molecule has 172 valence electrons. The fraction of sp³-hybridized carbons (Fsp3) is 0.458. The summed E-state index contributed by atoms with van der Waals surface area (Å²) in [7, 11) is 0. The number of carbonyl (C=O) groups excluding carboxylic acids is 1. The minimum Gasteiger partial charge on any atom is -0.378 e. The van der Waals surface area contributed by atoms with Crippen molar-refractivity contribution in [3.05, 3.63) is 59.7 Å². The van der Waals surface area contributed by atoms with Gasteiger partial charge in [0.25, 0.3) is 0 Å². The number of anilines is 2. The van der Waals surface area contributed by atoms with E-state index in [0.29, 0.717) is 38.5 Å². The Morgan fingerprint density at radius 3 is 2.53 bits per heavy atom. The molecule has 5 nitrogen and oxygen atoms in total. The molecule has 1 amide bonds. The fourth-order valence-electron chi connectivity index (χ4n) is 4.38. The monoisotopic (exact) mass is 447 g/mol. The quantitative estimate of drug-likeness (QED) is 0.738. The summed E-state index contributed by atoms with van der Waals surface area (Å²) in [5.74, 6) is -0.490. The van der Waals surface area contributed by atoms with Crippen LogP contribution in [0.2, 0.25) is 0 Å². The summed E-state index contributed by atoms with van der Waals surface area (Å²) in [5.41, 5.74) is 1.23. The molecule has 2 fully saturated rings. The molecule has 2 aliphatic heterocycles. The van der Waals surface area contributed by atoms with Crippen LogP contribution in [0.5, 0.6) is 0 Å². The molecule has 1 unspecified atom stereocenters. The Hall–Kier alpha value is -2.58. The lowest BCUT2D eigenvalue weighted by molar-refractivity contribution is -0.137. The third-order valence-electron chi connectivity index (χ3n) is 6.06. The van der Waals surface area contributed by atoms with Gasteiger partial charge in [-0.1, -0.05) is 30.3 Å². The van der Waals surface area contributed by atoms with Crippen molar-refractivity contribution in [3.8, 4) is 0 Å². The van der Waals surface area contributed by atoms with Crippen LogP contribution >= 0.6 is 0 Å². The van der Waals surface area contributed by atoms with Gasteiger partial charge in [0.1, 0.15) is 0 Å². The number of hydrogen-bond donors (Lipinski definition) is 1. The Labute approximate surface area is 186 Å². The topological polar surface area (TPSA) is 44.8 Å². The number of nitrogens with one attached hydrogen (secondary N) is 1. The second kappa shape index (κ2) is 9.92. The Balaban J connectivity index is 1.49. The highest BCUT2D eigenvalue weighted by Gasteiger charge is 2.33. The Kier molecular flexibility index (Phi) is 7.01. The molecule has 0 radical (unpaired) electrons. The van der Waals surface area contributed by atoms with Crippen LogP contribution in [0.1, 0.15) is 24.0 Å². The summed E-state index contributed by atoms with van der Waals surface area (Å²) >= 11 is 0. The van der Waals surface area contributed by atoms with Crippen LogP contribution in [0.15, 0.2) is 48.5 Å². The lowest BCUT2D eigenvalue weighted by atomic mass is 9.96. The largest absolute Gasteiger partial charge is 0.416 e. The summed E-state index contributed by atoms with van der Waals surface area (Å²) < 4.78 is 45.4. The molecule has 0 saturated carbocycles. The predicted octanol–water partition coefficient (Wildman–Crippen LogP) is 4.39. The number of alkyl halides is 3. The molecule has 4 rings (SSSR count). The number of piperidine rings is 1. The molecule has 2 aromatic carbocycles. The normalized spacial score (nSPS) is 20.2. The first-order chi connectivity index (χ1) is 15.4. The number of rotatable bonds is 5. The SMILES string of the molecule is O=C(Nc1cc(C(F)(F)F)ccc1N1CCOCC1)C1CCCN(Cc2ccccc2)C1. The van der Waals surface area contributed by atoms with Gasteiger partial charge in [0.15, 0.2) is 0 Å². The molecular formula is C24H28F3N3O2. The number of hydrogen-bond acceptors (Lipinski definition) is 4. The zero-order valence-corrected chi connectivity index (χ0v) is 17.9. The number of ether oxygens (including phenoxy) is 1. The molecule has 2 aromatic rings. The molecule has 0 aromatic heterocycles. The summed E-state index contributed by atoms with van der Waals surface area (Å²) in [4.78, 5) is 17.3. The van der Waals surface area contributed by atoms with E-state index in [4.69, 9.17) is 4.74 Å². The average Bonchev–Trinajstić information content (AvgIpc) is 2.80. The Morgan fingerprint density at radius 1 is 1.06 bits per heavy atom. The maximum atomic E-state index is 13.3. The number of morpholine rings is 1. The van der Waals surface area contributed by atoms with Gasteiger partial charge in [-0.2, -0.15) is 13.2 Å². The third kappa shape index (κ3) is 5.61. The van der Waals surface area contributed by atoms with Crippen LogP contribution in [-0.2, 0) is 22.3 Å². The van der Waals surface area contributed by atoms with Gasteiger partial charge in [0.05, 0.1) is 36.1 Å². The molecular weight excluding hydrogens is 419 g/mol. The van der Waals surface area contributed by atoms with Crippen LogP contribution in [0.25, 0.3) is 0 Å². The maximum Gasteiger partial charge on any atom is 0.416 e. The van der Waals surface area contributed by atoms with Crippen LogP contribution < -0.4 is 10.2 Å². The van der Waals surface area contributed by atoms with Gasteiger partial charge in [0, 0.05) is 26.2 Å². The average molecular weight is 448 g/mol. The number of likely N-dealkylation sites (tertiary alicyclic amines) is 1. The van der Waals surface area contributed by atoms with E-state index in [1.54, 1.807) is 0 Å². The van der Waals surface area contributed by atoms with E-state index in [1.807, 2.05) is 23.1 Å². The summed E-state index contributed by atoms with van der Waals surface area (Å²) in [6.07, 6.45) is -2.87. The Morgan fingerprint density at radius 2 is 1.81 bits per heavy atom. The van der Waals surface area contributed by atoms with E-state index >= 15 is 0 Å². The second-order valence-corrected chi connectivity index (χ2v) is 8.38. The lowest BCUT2D eigenvalue weighted by Crippen LogP contribution is -2.41. The van der Waals surface area contributed by atoms with Gasteiger partial charge in [0.2, 0.25) is 5.91 Å². The standard InChI is InChI=1S/C24H28F3N3O2/c25-24(26,27)20-8-9-22(30-11-13-32-14-12-30)21(15-20)28-23(31)19-7-4-10-29(17-19)16-18-5-2-1-3-6-18/h1-3,5-6,8-9,15,19H,4,7,10-14,16-17H2,(H,28,31). The molecule has 2 saturated heterocycles. The third-order valence-corrected chi connectivity index (χ3v) is 6.06. The molecule has 1 atom stereocenters. The van der Waals surface area contributed by atoms with Crippen molar-refractivity contribution >= 4 is 17.3 Å². The number of nitrogens with zero attached hydrogens (tertiary/aromatic N) is 2. The van der Waals surface area contributed by atoms with Crippen molar-refractivity contribution < 1.29 is 22.7 Å². The molecule has 0 bridgehead atoms. The minimum absolute atomic E-state index is 0.215. The molecule has 2 heterocycles. The Bertz CT molecular complexity index is 914. The lowest BCUT2D eigenvalue weighted by Gasteiger charge is -2.33. The summed E-state index contributed by atoms with van der Waals surface area (Å²) in [5, 5.41) is 2.83. The van der Waals surface area contributed by atoms with E-state index < -0.39 is 11.7 Å². The molecule has 8 heteroatoms. The molecule has 32 heavy (non-hydrogen) atoms. The van der Waals surface area contributed by atoms with Gasteiger partial charge in [-0.05, 0) is 43.1 Å². The van der Waals surface area contributed by atoms with E-state index in [1.165, 1.54) is 11.6 Å². The van der Waals surface area contributed by atoms with Gasteiger partial charge in [-0.15, -0.1) is 0 Å². The molecule has 0 aliphatic carbocycles.